The lowest BCUT2D eigenvalue weighted by Gasteiger charge is -2.08. The zero-order chi connectivity index (χ0) is 14.3. The molecule has 4 nitrogen and oxygen atoms in total. The van der Waals surface area contributed by atoms with Crippen LogP contribution < -0.4 is 10.6 Å². The molecule has 0 spiro atoms. The molecular formula is C15H20N2O2. The van der Waals surface area contributed by atoms with Gasteiger partial charge in [0.05, 0.1) is 0 Å². The summed E-state index contributed by atoms with van der Waals surface area (Å²) in [5.41, 5.74) is 1.26. The van der Waals surface area contributed by atoms with Crippen molar-refractivity contribution in [2.75, 3.05) is 11.9 Å². The second kappa shape index (κ2) is 7.36. The molecule has 0 saturated heterocycles. The van der Waals surface area contributed by atoms with E-state index >= 15 is 0 Å². The van der Waals surface area contributed by atoms with Crippen molar-refractivity contribution in [2.45, 2.75) is 20.3 Å². The van der Waals surface area contributed by atoms with Gasteiger partial charge < -0.3 is 10.6 Å². The SMILES string of the molecule is C=CCNC(=O)c1ccc(NC(=O)CC(C)C)cc1. The van der Waals surface area contributed by atoms with Crippen LogP contribution >= 0.6 is 0 Å². The molecular weight excluding hydrogens is 240 g/mol. The number of rotatable bonds is 6. The zero-order valence-electron chi connectivity index (χ0n) is 11.4. The van der Waals surface area contributed by atoms with E-state index < -0.39 is 0 Å². The predicted molar refractivity (Wildman–Crippen MR) is 77.1 cm³/mol. The van der Waals surface area contributed by atoms with E-state index in [2.05, 4.69) is 17.2 Å². The van der Waals surface area contributed by atoms with Gasteiger partial charge in [-0.25, -0.2) is 0 Å². The molecule has 0 heterocycles. The van der Waals surface area contributed by atoms with Crippen molar-refractivity contribution in [1.29, 1.82) is 0 Å². The van der Waals surface area contributed by atoms with Gasteiger partial charge in [-0.1, -0.05) is 19.9 Å². The van der Waals surface area contributed by atoms with Crippen LogP contribution in [0.5, 0.6) is 0 Å². The Morgan fingerprint density at radius 1 is 1.26 bits per heavy atom. The van der Waals surface area contributed by atoms with E-state index in [9.17, 15) is 9.59 Å². The fourth-order valence-corrected chi connectivity index (χ4v) is 1.55. The smallest absolute Gasteiger partial charge is 0.251 e. The van der Waals surface area contributed by atoms with E-state index in [0.717, 1.165) is 0 Å². The van der Waals surface area contributed by atoms with Gasteiger partial charge in [-0.15, -0.1) is 6.58 Å². The minimum absolute atomic E-state index is 0.0149. The first-order valence-corrected chi connectivity index (χ1v) is 6.32. The molecule has 0 atom stereocenters. The number of benzene rings is 1. The quantitative estimate of drug-likeness (QED) is 0.772. The summed E-state index contributed by atoms with van der Waals surface area (Å²) in [5.74, 6) is 0.155. The third kappa shape index (κ3) is 5.38. The van der Waals surface area contributed by atoms with E-state index in [4.69, 9.17) is 0 Å². The molecule has 0 aliphatic rings. The number of hydrogen-bond donors (Lipinski definition) is 2. The van der Waals surface area contributed by atoms with Crippen LogP contribution in [0.25, 0.3) is 0 Å². The summed E-state index contributed by atoms with van der Waals surface area (Å²) >= 11 is 0. The molecule has 0 unspecified atom stereocenters. The lowest BCUT2D eigenvalue weighted by Crippen LogP contribution is -2.23. The standard InChI is InChI=1S/C15H20N2O2/c1-4-9-16-15(19)12-5-7-13(8-6-12)17-14(18)10-11(2)3/h4-8,11H,1,9-10H2,2-3H3,(H,16,19)(H,17,18). The fraction of sp³-hybridized carbons (Fsp3) is 0.333. The molecule has 0 radical (unpaired) electrons. The van der Waals surface area contributed by atoms with Crippen LogP contribution in [-0.4, -0.2) is 18.4 Å². The van der Waals surface area contributed by atoms with Crippen LogP contribution in [0.4, 0.5) is 5.69 Å². The van der Waals surface area contributed by atoms with Gasteiger partial charge in [-0.2, -0.15) is 0 Å². The molecule has 4 heteroatoms. The van der Waals surface area contributed by atoms with Gasteiger partial charge in [0.15, 0.2) is 0 Å². The molecule has 0 aliphatic carbocycles. The van der Waals surface area contributed by atoms with Gasteiger partial charge in [0.1, 0.15) is 0 Å². The van der Waals surface area contributed by atoms with Crippen molar-refractivity contribution < 1.29 is 9.59 Å². The Bertz CT molecular complexity index is 450. The van der Waals surface area contributed by atoms with Gasteiger partial charge >= 0.3 is 0 Å². The molecule has 1 aromatic rings. The maximum atomic E-state index is 11.6. The largest absolute Gasteiger partial charge is 0.349 e. The third-order valence-corrected chi connectivity index (χ3v) is 2.43. The molecule has 0 fully saturated rings. The summed E-state index contributed by atoms with van der Waals surface area (Å²) in [6.45, 7) is 7.96. The van der Waals surface area contributed by atoms with Gasteiger partial charge in [-0.3, -0.25) is 9.59 Å². The highest BCUT2D eigenvalue weighted by Crippen LogP contribution is 2.11. The minimum Gasteiger partial charge on any atom is -0.349 e. The first-order chi connectivity index (χ1) is 9.02. The molecule has 102 valence electrons. The van der Waals surface area contributed by atoms with Crippen LogP contribution in [0.15, 0.2) is 36.9 Å². The Kier molecular flexibility index (Phi) is 5.79. The van der Waals surface area contributed by atoms with Gasteiger partial charge in [0, 0.05) is 24.2 Å². The van der Waals surface area contributed by atoms with Crippen molar-refractivity contribution in [1.82, 2.24) is 5.32 Å². The predicted octanol–water partition coefficient (Wildman–Crippen LogP) is 2.59. The lowest BCUT2D eigenvalue weighted by atomic mass is 10.1. The highest BCUT2D eigenvalue weighted by Gasteiger charge is 2.07. The molecule has 2 amide bonds. The van der Waals surface area contributed by atoms with Crippen LogP contribution in [0.2, 0.25) is 0 Å². The minimum atomic E-state index is -0.153. The first-order valence-electron chi connectivity index (χ1n) is 6.32. The summed E-state index contributed by atoms with van der Waals surface area (Å²) in [6.07, 6.45) is 2.11. The summed E-state index contributed by atoms with van der Waals surface area (Å²) in [6, 6.07) is 6.81. The molecule has 2 N–H and O–H groups in total. The second-order valence-electron chi connectivity index (χ2n) is 4.72. The van der Waals surface area contributed by atoms with Crippen molar-refractivity contribution in [3.05, 3.63) is 42.5 Å². The Labute approximate surface area is 113 Å². The Hall–Kier alpha value is -2.10. The molecule has 1 aromatic carbocycles. The molecule has 0 saturated carbocycles. The summed E-state index contributed by atoms with van der Waals surface area (Å²) in [5, 5.41) is 5.49. The molecule has 0 bridgehead atoms. The maximum Gasteiger partial charge on any atom is 0.251 e. The number of amides is 2. The number of carbonyl (C=O) groups is 2. The fourth-order valence-electron chi connectivity index (χ4n) is 1.55. The number of carbonyl (C=O) groups excluding carboxylic acids is 2. The summed E-state index contributed by atoms with van der Waals surface area (Å²) < 4.78 is 0. The maximum absolute atomic E-state index is 11.6. The van der Waals surface area contributed by atoms with E-state index in [1.54, 1.807) is 30.3 Å². The van der Waals surface area contributed by atoms with E-state index in [1.165, 1.54) is 0 Å². The number of hydrogen-bond acceptors (Lipinski definition) is 2. The average Bonchev–Trinajstić information content (AvgIpc) is 2.35. The van der Waals surface area contributed by atoms with E-state index in [0.29, 0.717) is 30.1 Å². The van der Waals surface area contributed by atoms with E-state index in [1.807, 2.05) is 13.8 Å². The normalized spacial score (nSPS) is 10.1. The highest BCUT2D eigenvalue weighted by atomic mass is 16.2. The first kappa shape index (κ1) is 15.0. The second-order valence-corrected chi connectivity index (χ2v) is 4.72. The molecule has 0 aliphatic heterocycles. The topological polar surface area (TPSA) is 58.2 Å². The van der Waals surface area contributed by atoms with Crippen LogP contribution in [0, 0.1) is 5.92 Å². The van der Waals surface area contributed by atoms with E-state index in [-0.39, 0.29) is 11.8 Å². The Morgan fingerprint density at radius 2 is 1.89 bits per heavy atom. The van der Waals surface area contributed by atoms with Gasteiger partial charge in [0.2, 0.25) is 5.91 Å². The monoisotopic (exact) mass is 260 g/mol. The van der Waals surface area contributed by atoms with Gasteiger partial charge in [-0.05, 0) is 30.2 Å². The van der Waals surface area contributed by atoms with Gasteiger partial charge in [0.25, 0.3) is 5.91 Å². The highest BCUT2D eigenvalue weighted by molar-refractivity contribution is 5.95. The number of anilines is 1. The zero-order valence-corrected chi connectivity index (χ0v) is 11.4. The summed E-state index contributed by atoms with van der Waals surface area (Å²) in [7, 11) is 0. The number of nitrogens with one attached hydrogen (secondary N) is 2. The third-order valence-electron chi connectivity index (χ3n) is 2.43. The van der Waals surface area contributed by atoms with Crippen LogP contribution in [0.3, 0.4) is 0 Å². The Balaban J connectivity index is 2.58. The molecule has 0 aromatic heterocycles. The molecule has 19 heavy (non-hydrogen) atoms. The Morgan fingerprint density at radius 3 is 2.42 bits per heavy atom. The van der Waals surface area contributed by atoms with Crippen molar-refractivity contribution in [3.63, 3.8) is 0 Å². The van der Waals surface area contributed by atoms with Crippen molar-refractivity contribution >= 4 is 17.5 Å². The van der Waals surface area contributed by atoms with Crippen molar-refractivity contribution in [3.8, 4) is 0 Å². The average molecular weight is 260 g/mol. The van der Waals surface area contributed by atoms with Crippen LogP contribution in [0.1, 0.15) is 30.6 Å². The lowest BCUT2D eigenvalue weighted by molar-refractivity contribution is -0.116. The summed E-state index contributed by atoms with van der Waals surface area (Å²) in [4.78, 5) is 23.2. The molecule has 1 rings (SSSR count). The van der Waals surface area contributed by atoms with Crippen LogP contribution in [-0.2, 0) is 4.79 Å². The van der Waals surface area contributed by atoms with Crippen molar-refractivity contribution in [2.24, 2.45) is 5.92 Å².